The Balaban J connectivity index is 3.40. The van der Waals surface area contributed by atoms with E-state index in [1.165, 1.54) is 12.4 Å². The minimum atomic E-state index is 1.41. The molecule has 0 atom stereocenters. The molecule has 0 aliphatic carbocycles. The van der Waals surface area contributed by atoms with Crippen molar-refractivity contribution in [3.05, 3.63) is 62.0 Å². The average molecular weight is 222 g/mol. The Hall–Kier alpha value is -2.50. The highest BCUT2D eigenvalue weighted by atomic mass is 14.9. The van der Waals surface area contributed by atoms with E-state index in [0.717, 1.165) is 0 Å². The first kappa shape index (κ1) is 13.5. The van der Waals surface area contributed by atoms with Crippen molar-refractivity contribution in [1.29, 1.82) is 0 Å². The molecule has 0 heterocycles. The molecule has 0 aromatic heterocycles. The highest BCUT2D eigenvalue weighted by molar-refractivity contribution is 4.92. The topological polar surface area (TPSA) is 100 Å². The van der Waals surface area contributed by atoms with E-state index in [4.69, 9.17) is 11.5 Å². The van der Waals surface area contributed by atoms with Crippen molar-refractivity contribution >= 4 is 0 Å². The maximum atomic E-state index is 5.11. The van der Waals surface area contributed by atoms with Crippen molar-refractivity contribution < 1.29 is 0 Å². The van der Waals surface area contributed by atoms with Gasteiger partial charge in [-0.2, -0.15) is 0 Å². The monoisotopic (exact) mass is 222 g/mol. The molecule has 0 aliphatic heterocycles. The van der Waals surface area contributed by atoms with Crippen molar-refractivity contribution in [1.82, 2.24) is 21.3 Å². The lowest BCUT2D eigenvalue weighted by Crippen LogP contribution is -2.02. The van der Waals surface area contributed by atoms with Crippen molar-refractivity contribution in [3.63, 3.8) is 0 Å². The van der Waals surface area contributed by atoms with Crippen LogP contribution in [0.5, 0.6) is 0 Å². The fourth-order valence-corrected chi connectivity index (χ4v) is 0.622. The van der Waals surface area contributed by atoms with Gasteiger partial charge in [-0.25, -0.2) is 0 Å². The van der Waals surface area contributed by atoms with Crippen molar-refractivity contribution in [2.45, 2.75) is 0 Å². The predicted octanol–water partition coefficient (Wildman–Crippen LogP) is -0.382. The molecule has 0 bridgehead atoms. The Kier molecular flexibility index (Phi) is 10.5. The lowest BCUT2D eigenvalue weighted by molar-refractivity contribution is 1.07. The molecule has 0 unspecified atom stereocenters. The van der Waals surface area contributed by atoms with Gasteiger partial charge in [0.1, 0.15) is 0 Å². The van der Waals surface area contributed by atoms with Crippen LogP contribution in [0.3, 0.4) is 0 Å². The number of nitrogens with two attached hydrogens (primary N) is 2. The molecule has 0 radical (unpaired) electrons. The van der Waals surface area contributed by atoms with E-state index in [-0.39, 0.29) is 0 Å². The molecule has 8 N–H and O–H groups in total. The lowest BCUT2D eigenvalue weighted by atomic mass is 10.7. The molecule has 0 aromatic rings. The van der Waals surface area contributed by atoms with Crippen LogP contribution in [0.1, 0.15) is 0 Å². The van der Waals surface area contributed by atoms with Gasteiger partial charge in [-0.15, -0.1) is 0 Å². The second-order valence-electron chi connectivity index (χ2n) is 2.38. The van der Waals surface area contributed by atoms with Crippen LogP contribution in [0.2, 0.25) is 0 Å². The Morgan fingerprint density at radius 2 is 0.688 bits per heavy atom. The SMILES string of the molecule is NC=CNC=CNC=CNC=CNC=CN. The first-order valence-electron chi connectivity index (χ1n) is 4.64. The summed E-state index contributed by atoms with van der Waals surface area (Å²) in [5.74, 6) is 0. The number of hydrogen-bond donors (Lipinski definition) is 6. The summed E-state index contributed by atoms with van der Waals surface area (Å²) in [5, 5.41) is 11.4. The maximum absolute atomic E-state index is 5.11. The molecule has 0 spiro atoms. The van der Waals surface area contributed by atoms with Crippen LogP contribution in [0.15, 0.2) is 62.0 Å². The zero-order chi connectivity index (χ0) is 11.9. The molecular formula is C10H18N6. The van der Waals surface area contributed by atoms with Gasteiger partial charge in [0.05, 0.1) is 0 Å². The summed E-state index contributed by atoms with van der Waals surface area (Å²) in [6.07, 6.45) is 16.4. The van der Waals surface area contributed by atoms with Crippen LogP contribution >= 0.6 is 0 Å². The van der Waals surface area contributed by atoms with Gasteiger partial charge in [0.15, 0.2) is 0 Å². The van der Waals surface area contributed by atoms with Gasteiger partial charge in [-0.3, -0.25) is 0 Å². The third-order valence-electron chi connectivity index (χ3n) is 1.21. The Morgan fingerprint density at radius 3 is 0.938 bits per heavy atom. The van der Waals surface area contributed by atoms with Crippen LogP contribution in [-0.4, -0.2) is 0 Å². The van der Waals surface area contributed by atoms with Crippen molar-refractivity contribution in [2.24, 2.45) is 11.5 Å². The molecule has 6 heteroatoms. The standard InChI is InChI=1S/C10H18N6/c11-1-3-13-5-7-15-9-10-16-8-6-14-4-2-12/h1-10,13-16H,11-12H2. The number of rotatable bonds is 8. The van der Waals surface area contributed by atoms with Gasteiger partial charge in [0, 0.05) is 62.0 Å². The molecule has 6 nitrogen and oxygen atoms in total. The van der Waals surface area contributed by atoms with Gasteiger partial charge in [-0.05, 0) is 0 Å². The van der Waals surface area contributed by atoms with Crippen molar-refractivity contribution in [3.8, 4) is 0 Å². The minimum Gasteiger partial charge on any atom is -0.403 e. The quantitative estimate of drug-likeness (QED) is 0.335. The molecule has 0 rings (SSSR count). The van der Waals surface area contributed by atoms with Crippen LogP contribution in [0.25, 0.3) is 0 Å². The first-order chi connectivity index (χ1) is 7.91. The lowest BCUT2D eigenvalue weighted by Gasteiger charge is -1.92. The molecule has 0 saturated carbocycles. The van der Waals surface area contributed by atoms with Gasteiger partial charge in [-0.1, -0.05) is 0 Å². The third-order valence-corrected chi connectivity index (χ3v) is 1.21. The summed E-state index contributed by atoms with van der Waals surface area (Å²) in [7, 11) is 0. The summed E-state index contributed by atoms with van der Waals surface area (Å²) in [4.78, 5) is 0. The van der Waals surface area contributed by atoms with E-state index in [0.29, 0.717) is 0 Å². The summed E-state index contributed by atoms with van der Waals surface area (Å²) in [6, 6.07) is 0. The van der Waals surface area contributed by atoms with Crippen LogP contribution in [0, 0.1) is 0 Å². The second-order valence-corrected chi connectivity index (χ2v) is 2.38. The average Bonchev–Trinajstić information content (AvgIpc) is 2.31. The van der Waals surface area contributed by atoms with E-state index >= 15 is 0 Å². The molecule has 88 valence electrons. The van der Waals surface area contributed by atoms with E-state index < -0.39 is 0 Å². The third kappa shape index (κ3) is 11.5. The molecule has 0 amide bonds. The van der Waals surface area contributed by atoms with E-state index in [9.17, 15) is 0 Å². The van der Waals surface area contributed by atoms with Gasteiger partial charge in [0.2, 0.25) is 0 Å². The van der Waals surface area contributed by atoms with E-state index in [2.05, 4.69) is 21.3 Å². The van der Waals surface area contributed by atoms with Crippen LogP contribution in [-0.2, 0) is 0 Å². The molecule has 0 aliphatic rings. The Bertz CT molecular complexity index is 249. The fourth-order valence-electron chi connectivity index (χ4n) is 0.622. The number of nitrogens with one attached hydrogen (secondary N) is 4. The summed E-state index contributed by atoms with van der Waals surface area (Å²) < 4.78 is 0. The van der Waals surface area contributed by atoms with Crippen LogP contribution in [0.4, 0.5) is 0 Å². The highest BCUT2D eigenvalue weighted by Gasteiger charge is 1.67. The molecule has 0 fully saturated rings. The maximum Gasteiger partial charge on any atom is 0.0167 e. The number of hydrogen-bond acceptors (Lipinski definition) is 6. The Labute approximate surface area is 95.5 Å². The van der Waals surface area contributed by atoms with Gasteiger partial charge >= 0.3 is 0 Å². The van der Waals surface area contributed by atoms with Gasteiger partial charge < -0.3 is 32.7 Å². The summed E-state index contributed by atoms with van der Waals surface area (Å²) in [6.45, 7) is 0. The smallest absolute Gasteiger partial charge is 0.0167 e. The summed E-state index contributed by atoms with van der Waals surface area (Å²) in [5.41, 5.74) is 10.2. The van der Waals surface area contributed by atoms with Crippen molar-refractivity contribution in [2.75, 3.05) is 0 Å². The normalized spacial score (nSPS) is 12.2. The van der Waals surface area contributed by atoms with E-state index in [1.54, 1.807) is 49.6 Å². The second kappa shape index (κ2) is 12.5. The highest BCUT2D eigenvalue weighted by Crippen LogP contribution is 1.67. The molecular weight excluding hydrogens is 204 g/mol. The predicted molar refractivity (Wildman–Crippen MR) is 66.6 cm³/mol. The zero-order valence-corrected chi connectivity index (χ0v) is 8.93. The zero-order valence-electron chi connectivity index (χ0n) is 8.93. The fraction of sp³-hybridized carbons (Fsp3) is 0. The van der Waals surface area contributed by atoms with E-state index in [1.807, 2.05) is 0 Å². The first-order valence-corrected chi connectivity index (χ1v) is 4.64. The molecule has 16 heavy (non-hydrogen) atoms. The minimum absolute atomic E-state index is 1.41. The molecule has 0 saturated heterocycles. The Morgan fingerprint density at radius 1 is 0.438 bits per heavy atom. The van der Waals surface area contributed by atoms with Gasteiger partial charge in [0.25, 0.3) is 0 Å². The largest absolute Gasteiger partial charge is 0.403 e. The van der Waals surface area contributed by atoms with Crippen LogP contribution < -0.4 is 32.7 Å². The summed E-state index contributed by atoms with van der Waals surface area (Å²) >= 11 is 0. The molecule has 0 aromatic carbocycles.